The van der Waals surface area contributed by atoms with Gasteiger partial charge in [-0.25, -0.2) is 0 Å². The number of rotatable bonds is 1. The molecule has 0 aromatic heterocycles. The highest BCUT2D eigenvalue weighted by Crippen LogP contribution is 2.48. The van der Waals surface area contributed by atoms with Crippen molar-refractivity contribution in [3.63, 3.8) is 0 Å². The van der Waals surface area contributed by atoms with Crippen molar-refractivity contribution in [2.45, 2.75) is 17.2 Å². The molecule has 0 spiro atoms. The van der Waals surface area contributed by atoms with Crippen LogP contribution >= 0.6 is 27.5 Å². The van der Waals surface area contributed by atoms with Crippen LogP contribution in [0.15, 0.2) is 24.3 Å². The van der Waals surface area contributed by atoms with Crippen molar-refractivity contribution in [2.75, 3.05) is 0 Å². The highest BCUT2D eigenvalue weighted by atomic mass is 79.9. The van der Waals surface area contributed by atoms with Crippen molar-refractivity contribution in [1.29, 1.82) is 0 Å². The molecule has 0 unspecified atom stereocenters. The summed E-state index contributed by atoms with van der Waals surface area (Å²) in [5.41, 5.74) is 1.29. The van der Waals surface area contributed by atoms with Crippen LogP contribution in [0.3, 0.4) is 0 Å². The number of alkyl halides is 1. The first-order valence-corrected chi connectivity index (χ1v) is 4.97. The van der Waals surface area contributed by atoms with E-state index in [1.165, 1.54) is 12.0 Å². The van der Waals surface area contributed by atoms with Crippen LogP contribution in [0, 0.1) is 0 Å². The van der Waals surface area contributed by atoms with Crippen molar-refractivity contribution in [2.24, 2.45) is 0 Å². The molecule has 0 N–H and O–H groups in total. The Kier molecular flexibility index (Phi) is 1.94. The fourth-order valence-corrected chi connectivity index (χ4v) is 2.23. The second-order valence-electron chi connectivity index (χ2n) is 2.88. The van der Waals surface area contributed by atoms with Gasteiger partial charge in [0.2, 0.25) is 0 Å². The average Bonchev–Trinajstić information content (AvgIpc) is 2.68. The van der Waals surface area contributed by atoms with Gasteiger partial charge in [0.25, 0.3) is 0 Å². The van der Waals surface area contributed by atoms with Crippen LogP contribution in [0.1, 0.15) is 17.9 Å². The van der Waals surface area contributed by atoms with Gasteiger partial charge in [-0.3, -0.25) is 0 Å². The summed E-state index contributed by atoms with van der Waals surface area (Å²) in [5, 5.41) is 0.902. The SMILES string of the molecule is Clc1ccccc1[C@@H]1C[C@@H]1Br. The van der Waals surface area contributed by atoms with Crippen LogP contribution in [0.5, 0.6) is 0 Å². The summed E-state index contributed by atoms with van der Waals surface area (Å²) in [4.78, 5) is 0.655. The standard InChI is InChI=1S/C9H8BrCl/c10-8-5-7(8)6-3-1-2-4-9(6)11/h1-4,7-8H,5H2/t7-,8-/m0/s1. The predicted octanol–water partition coefficient (Wildman–Crippen LogP) is 3.59. The summed E-state index contributed by atoms with van der Waals surface area (Å²) < 4.78 is 0. The summed E-state index contributed by atoms with van der Waals surface area (Å²) in [6.45, 7) is 0. The minimum atomic E-state index is 0.655. The molecule has 1 aliphatic rings. The first-order valence-electron chi connectivity index (χ1n) is 3.67. The largest absolute Gasteiger partial charge is 0.0884 e. The van der Waals surface area contributed by atoms with E-state index >= 15 is 0 Å². The number of benzene rings is 1. The molecule has 0 nitrogen and oxygen atoms in total. The van der Waals surface area contributed by atoms with Gasteiger partial charge >= 0.3 is 0 Å². The topological polar surface area (TPSA) is 0 Å². The van der Waals surface area contributed by atoms with Gasteiger partial charge in [0, 0.05) is 9.85 Å². The number of halogens is 2. The van der Waals surface area contributed by atoms with E-state index in [2.05, 4.69) is 22.0 Å². The Morgan fingerprint density at radius 1 is 1.36 bits per heavy atom. The van der Waals surface area contributed by atoms with Gasteiger partial charge in [-0.2, -0.15) is 0 Å². The van der Waals surface area contributed by atoms with Crippen LogP contribution in [-0.4, -0.2) is 4.83 Å². The van der Waals surface area contributed by atoms with Gasteiger partial charge in [0.1, 0.15) is 0 Å². The summed E-state index contributed by atoms with van der Waals surface area (Å²) in [6.07, 6.45) is 1.23. The number of hydrogen-bond donors (Lipinski definition) is 0. The van der Waals surface area contributed by atoms with Crippen LogP contribution in [0.4, 0.5) is 0 Å². The Labute approximate surface area is 79.7 Å². The summed E-state index contributed by atoms with van der Waals surface area (Å²) in [6, 6.07) is 8.07. The Bertz CT molecular complexity index is 272. The van der Waals surface area contributed by atoms with Crippen LogP contribution in [-0.2, 0) is 0 Å². The van der Waals surface area contributed by atoms with E-state index in [-0.39, 0.29) is 0 Å². The molecule has 58 valence electrons. The molecule has 2 rings (SSSR count). The Morgan fingerprint density at radius 3 is 2.55 bits per heavy atom. The maximum absolute atomic E-state index is 6.00. The first-order chi connectivity index (χ1) is 5.29. The monoisotopic (exact) mass is 230 g/mol. The second kappa shape index (κ2) is 2.80. The third-order valence-corrected chi connectivity index (χ3v) is 3.37. The van der Waals surface area contributed by atoms with Crippen LogP contribution in [0.25, 0.3) is 0 Å². The third-order valence-electron chi connectivity index (χ3n) is 2.02. The normalized spacial score (nSPS) is 28.5. The molecule has 0 amide bonds. The molecule has 2 heteroatoms. The molecule has 0 radical (unpaired) electrons. The molecule has 1 aromatic carbocycles. The van der Waals surface area contributed by atoms with Gasteiger partial charge in [-0.05, 0) is 24.0 Å². The lowest BCUT2D eigenvalue weighted by Gasteiger charge is -1.99. The van der Waals surface area contributed by atoms with Crippen LogP contribution < -0.4 is 0 Å². The minimum Gasteiger partial charge on any atom is -0.0884 e. The maximum Gasteiger partial charge on any atom is 0.0441 e. The summed E-state index contributed by atoms with van der Waals surface area (Å²) in [7, 11) is 0. The van der Waals surface area contributed by atoms with E-state index in [1.54, 1.807) is 0 Å². The van der Waals surface area contributed by atoms with Crippen molar-refractivity contribution >= 4 is 27.5 Å². The summed E-state index contributed by atoms with van der Waals surface area (Å²) in [5.74, 6) is 0.656. The smallest absolute Gasteiger partial charge is 0.0441 e. The second-order valence-corrected chi connectivity index (χ2v) is 4.46. The van der Waals surface area contributed by atoms with Crippen molar-refractivity contribution in [1.82, 2.24) is 0 Å². The zero-order valence-corrected chi connectivity index (χ0v) is 8.27. The fourth-order valence-electron chi connectivity index (χ4n) is 1.26. The summed E-state index contributed by atoms with van der Waals surface area (Å²) >= 11 is 9.56. The highest BCUT2D eigenvalue weighted by molar-refractivity contribution is 9.09. The van der Waals surface area contributed by atoms with E-state index in [0.717, 1.165) is 5.02 Å². The van der Waals surface area contributed by atoms with Gasteiger partial charge in [-0.15, -0.1) is 0 Å². The molecule has 2 atom stereocenters. The molecule has 0 saturated heterocycles. The maximum atomic E-state index is 6.00. The zero-order valence-electron chi connectivity index (χ0n) is 5.93. The molecule has 1 aliphatic carbocycles. The molecule has 0 aliphatic heterocycles. The number of hydrogen-bond acceptors (Lipinski definition) is 0. The van der Waals surface area contributed by atoms with Gasteiger partial charge in [0.15, 0.2) is 0 Å². The van der Waals surface area contributed by atoms with E-state index in [0.29, 0.717) is 10.7 Å². The molecular weight excluding hydrogens is 223 g/mol. The Hall–Kier alpha value is -0.0100. The molecule has 0 bridgehead atoms. The predicted molar refractivity (Wildman–Crippen MR) is 51.5 cm³/mol. The minimum absolute atomic E-state index is 0.655. The lowest BCUT2D eigenvalue weighted by molar-refractivity contribution is 1.14. The Balaban J connectivity index is 2.31. The molecule has 0 heterocycles. The van der Waals surface area contributed by atoms with Crippen molar-refractivity contribution in [3.8, 4) is 0 Å². The zero-order chi connectivity index (χ0) is 7.84. The van der Waals surface area contributed by atoms with E-state index in [1.807, 2.05) is 18.2 Å². The van der Waals surface area contributed by atoms with Crippen molar-refractivity contribution < 1.29 is 0 Å². The molecule has 1 aromatic rings. The average molecular weight is 232 g/mol. The quantitative estimate of drug-likeness (QED) is 0.648. The van der Waals surface area contributed by atoms with Gasteiger partial charge in [-0.1, -0.05) is 45.7 Å². The van der Waals surface area contributed by atoms with E-state index in [9.17, 15) is 0 Å². The van der Waals surface area contributed by atoms with Gasteiger partial charge < -0.3 is 0 Å². The molecule has 1 fully saturated rings. The first kappa shape index (κ1) is 7.63. The lowest BCUT2D eigenvalue weighted by atomic mass is 10.1. The van der Waals surface area contributed by atoms with Crippen molar-refractivity contribution in [3.05, 3.63) is 34.9 Å². The third kappa shape index (κ3) is 1.45. The van der Waals surface area contributed by atoms with E-state index in [4.69, 9.17) is 11.6 Å². The molecule has 11 heavy (non-hydrogen) atoms. The lowest BCUT2D eigenvalue weighted by Crippen LogP contribution is -1.81. The van der Waals surface area contributed by atoms with Gasteiger partial charge in [0.05, 0.1) is 0 Å². The molecular formula is C9H8BrCl. The van der Waals surface area contributed by atoms with E-state index < -0.39 is 0 Å². The highest BCUT2D eigenvalue weighted by Gasteiger charge is 2.36. The fraction of sp³-hybridized carbons (Fsp3) is 0.333. The van der Waals surface area contributed by atoms with Crippen LogP contribution in [0.2, 0.25) is 5.02 Å². The molecule has 1 saturated carbocycles. The Morgan fingerprint density at radius 2 is 2.00 bits per heavy atom.